The lowest BCUT2D eigenvalue weighted by atomic mass is 10.1. The van der Waals surface area contributed by atoms with Gasteiger partial charge in [-0.1, -0.05) is 48.5 Å². The van der Waals surface area contributed by atoms with Crippen molar-refractivity contribution in [3.05, 3.63) is 95.9 Å². The van der Waals surface area contributed by atoms with Crippen LogP contribution in [0.5, 0.6) is 5.75 Å². The van der Waals surface area contributed by atoms with Crippen LogP contribution in [0.4, 0.5) is 0 Å². The van der Waals surface area contributed by atoms with E-state index < -0.39 is 0 Å². The monoisotopic (exact) mass is 357 g/mol. The smallest absolute Gasteiger partial charge is 0.343 e. The summed E-state index contributed by atoms with van der Waals surface area (Å²) >= 11 is 1.61. The minimum Gasteiger partial charge on any atom is -0.423 e. The second-order valence-electron chi connectivity index (χ2n) is 5.68. The zero-order valence-electron chi connectivity index (χ0n) is 13.8. The van der Waals surface area contributed by atoms with Crippen molar-refractivity contribution in [3.8, 4) is 27.6 Å². The highest BCUT2D eigenvalue weighted by molar-refractivity contribution is 7.13. The van der Waals surface area contributed by atoms with E-state index in [4.69, 9.17) is 9.72 Å². The summed E-state index contributed by atoms with van der Waals surface area (Å²) < 4.78 is 5.41. The van der Waals surface area contributed by atoms with Gasteiger partial charge in [-0.25, -0.2) is 9.78 Å². The highest BCUT2D eigenvalue weighted by Crippen LogP contribution is 2.29. The van der Waals surface area contributed by atoms with Crippen molar-refractivity contribution in [1.29, 1.82) is 0 Å². The average molecular weight is 357 g/mol. The lowest BCUT2D eigenvalue weighted by Gasteiger charge is -2.05. The van der Waals surface area contributed by atoms with Crippen molar-refractivity contribution < 1.29 is 9.53 Å². The van der Waals surface area contributed by atoms with E-state index >= 15 is 0 Å². The Morgan fingerprint density at radius 3 is 2.12 bits per heavy atom. The van der Waals surface area contributed by atoms with Gasteiger partial charge in [0.25, 0.3) is 0 Å². The quantitative estimate of drug-likeness (QED) is 0.347. The molecule has 0 bridgehead atoms. The number of esters is 1. The Kier molecular flexibility index (Phi) is 4.58. The number of thiazole rings is 1. The van der Waals surface area contributed by atoms with E-state index in [1.165, 1.54) is 0 Å². The van der Waals surface area contributed by atoms with Gasteiger partial charge < -0.3 is 4.74 Å². The third kappa shape index (κ3) is 3.55. The van der Waals surface area contributed by atoms with Crippen LogP contribution in [0.25, 0.3) is 21.8 Å². The number of hydrogen-bond acceptors (Lipinski definition) is 4. The molecule has 0 N–H and O–H groups in total. The molecule has 3 aromatic carbocycles. The van der Waals surface area contributed by atoms with Crippen molar-refractivity contribution in [1.82, 2.24) is 4.98 Å². The molecule has 0 aliphatic carbocycles. The minimum absolute atomic E-state index is 0.363. The van der Waals surface area contributed by atoms with Gasteiger partial charge in [-0.2, -0.15) is 0 Å². The zero-order valence-corrected chi connectivity index (χ0v) is 14.6. The lowest BCUT2D eigenvalue weighted by Crippen LogP contribution is -2.07. The summed E-state index contributed by atoms with van der Waals surface area (Å²) in [5, 5.41) is 3.02. The van der Waals surface area contributed by atoms with E-state index in [0.29, 0.717) is 11.3 Å². The number of hydrogen-bond donors (Lipinski definition) is 0. The van der Waals surface area contributed by atoms with E-state index in [9.17, 15) is 4.79 Å². The van der Waals surface area contributed by atoms with Crippen LogP contribution < -0.4 is 4.74 Å². The summed E-state index contributed by atoms with van der Waals surface area (Å²) in [4.78, 5) is 16.8. The van der Waals surface area contributed by atoms with Gasteiger partial charge >= 0.3 is 5.97 Å². The van der Waals surface area contributed by atoms with Crippen LogP contribution in [0.1, 0.15) is 10.4 Å². The fraction of sp³-hybridized carbons (Fsp3) is 0. The Labute approximate surface area is 155 Å². The molecule has 4 rings (SSSR count). The average Bonchev–Trinajstić information content (AvgIpc) is 3.20. The van der Waals surface area contributed by atoms with E-state index in [1.54, 1.807) is 35.6 Å². The maximum atomic E-state index is 12.1. The van der Waals surface area contributed by atoms with E-state index in [-0.39, 0.29) is 5.97 Å². The van der Waals surface area contributed by atoms with Crippen LogP contribution in [-0.2, 0) is 0 Å². The molecule has 0 saturated heterocycles. The molecule has 1 heterocycles. The van der Waals surface area contributed by atoms with Crippen LogP contribution in [0.2, 0.25) is 0 Å². The molecular weight excluding hydrogens is 342 g/mol. The predicted octanol–water partition coefficient (Wildman–Crippen LogP) is 5.70. The Morgan fingerprint density at radius 1 is 0.769 bits per heavy atom. The molecule has 0 unspecified atom stereocenters. The maximum Gasteiger partial charge on any atom is 0.343 e. The number of nitrogens with zero attached hydrogens (tertiary/aromatic N) is 1. The molecule has 3 nitrogen and oxygen atoms in total. The molecule has 0 saturated carbocycles. The summed E-state index contributed by atoms with van der Waals surface area (Å²) in [5.74, 6) is 0.152. The summed E-state index contributed by atoms with van der Waals surface area (Å²) in [6.45, 7) is 0. The standard InChI is InChI=1S/C22H15NO2S/c24-22(18-9-5-2-6-10-18)25-19-13-11-16(12-14-19)20-15-26-21(23-20)17-7-3-1-4-8-17/h1-15H. The zero-order chi connectivity index (χ0) is 17.8. The highest BCUT2D eigenvalue weighted by atomic mass is 32.1. The molecule has 0 radical (unpaired) electrons. The van der Waals surface area contributed by atoms with E-state index in [2.05, 4.69) is 12.1 Å². The fourth-order valence-electron chi connectivity index (χ4n) is 2.55. The third-order valence-corrected chi connectivity index (χ3v) is 4.79. The fourth-order valence-corrected chi connectivity index (χ4v) is 3.39. The Hall–Kier alpha value is -3.24. The Bertz CT molecular complexity index is 1010. The number of rotatable bonds is 4. The normalized spacial score (nSPS) is 10.5. The van der Waals surface area contributed by atoms with E-state index in [0.717, 1.165) is 21.8 Å². The van der Waals surface area contributed by atoms with Gasteiger partial charge in [-0.3, -0.25) is 0 Å². The van der Waals surface area contributed by atoms with Crippen molar-refractivity contribution in [2.24, 2.45) is 0 Å². The first-order chi connectivity index (χ1) is 12.8. The highest BCUT2D eigenvalue weighted by Gasteiger charge is 2.09. The Balaban J connectivity index is 1.50. The number of aromatic nitrogens is 1. The van der Waals surface area contributed by atoms with Crippen molar-refractivity contribution in [2.75, 3.05) is 0 Å². The molecule has 0 aliphatic rings. The molecule has 0 atom stereocenters. The summed E-state index contributed by atoms with van der Waals surface area (Å²) in [7, 11) is 0. The summed E-state index contributed by atoms with van der Waals surface area (Å²) in [6.07, 6.45) is 0. The molecule has 4 aromatic rings. The van der Waals surface area contributed by atoms with Crippen LogP contribution in [0.3, 0.4) is 0 Å². The van der Waals surface area contributed by atoms with Gasteiger partial charge in [0, 0.05) is 16.5 Å². The van der Waals surface area contributed by atoms with Gasteiger partial charge in [0.2, 0.25) is 0 Å². The summed E-state index contributed by atoms with van der Waals surface area (Å²) in [5.41, 5.74) is 3.54. The first-order valence-electron chi connectivity index (χ1n) is 8.18. The van der Waals surface area contributed by atoms with Gasteiger partial charge in [0.15, 0.2) is 0 Å². The molecule has 0 fully saturated rings. The molecule has 0 amide bonds. The second kappa shape index (κ2) is 7.33. The number of carbonyl (C=O) groups excluding carboxylic acids is 1. The SMILES string of the molecule is O=C(Oc1ccc(-c2csc(-c3ccccc3)n2)cc1)c1ccccc1. The van der Waals surface area contributed by atoms with Gasteiger partial charge in [0.1, 0.15) is 10.8 Å². The molecular formula is C22H15NO2S. The van der Waals surface area contributed by atoms with Crippen LogP contribution in [0, 0.1) is 0 Å². The molecule has 1 aromatic heterocycles. The number of benzene rings is 3. The maximum absolute atomic E-state index is 12.1. The van der Waals surface area contributed by atoms with Crippen molar-refractivity contribution in [2.45, 2.75) is 0 Å². The van der Waals surface area contributed by atoms with Gasteiger partial charge in [0.05, 0.1) is 11.3 Å². The predicted molar refractivity (Wildman–Crippen MR) is 104 cm³/mol. The number of carbonyl (C=O) groups is 1. The third-order valence-electron chi connectivity index (χ3n) is 3.90. The number of ether oxygens (including phenoxy) is 1. The molecule has 0 aliphatic heterocycles. The topological polar surface area (TPSA) is 39.2 Å². The van der Waals surface area contributed by atoms with Crippen LogP contribution in [0.15, 0.2) is 90.3 Å². The lowest BCUT2D eigenvalue weighted by molar-refractivity contribution is 0.0735. The second-order valence-corrected chi connectivity index (χ2v) is 6.54. The van der Waals surface area contributed by atoms with Crippen molar-refractivity contribution in [3.63, 3.8) is 0 Å². The van der Waals surface area contributed by atoms with Crippen LogP contribution in [-0.4, -0.2) is 11.0 Å². The van der Waals surface area contributed by atoms with E-state index in [1.807, 2.05) is 53.9 Å². The molecule has 126 valence electrons. The van der Waals surface area contributed by atoms with Gasteiger partial charge in [-0.15, -0.1) is 11.3 Å². The summed E-state index contributed by atoms with van der Waals surface area (Å²) in [6, 6.07) is 26.5. The first-order valence-corrected chi connectivity index (χ1v) is 9.06. The van der Waals surface area contributed by atoms with Crippen LogP contribution >= 0.6 is 11.3 Å². The Morgan fingerprint density at radius 2 is 1.42 bits per heavy atom. The van der Waals surface area contributed by atoms with Crippen molar-refractivity contribution >= 4 is 17.3 Å². The first kappa shape index (κ1) is 16.2. The minimum atomic E-state index is -0.363. The largest absolute Gasteiger partial charge is 0.423 e. The molecule has 0 spiro atoms. The van der Waals surface area contributed by atoms with Gasteiger partial charge in [-0.05, 0) is 36.4 Å². The molecule has 26 heavy (non-hydrogen) atoms. The molecule has 4 heteroatoms.